The summed E-state index contributed by atoms with van der Waals surface area (Å²) in [5.74, 6) is -1.50. The second-order valence-corrected chi connectivity index (χ2v) is 4.41. The van der Waals surface area contributed by atoms with Crippen molar-refractivity contribution in [3.05, 3.63) is 0 Å². The zero-order valence-corrected chi connectivity index (χ0v) is 10.2. The highest BCUT2D eigenvalue weighted by atomic mass is 16.5. The molecule has 1 amide bonds. The van der Waals surface area contributed by atoms with Gasteiger partial charge in [-0.1, -0.05) is 0 Å². The van der Waals surface area contributed by atoms with E-state index in [0.717, 1.165) is 12.8 Å². The summed E-state index contributed by atoms with van der Waals surface area (Å²) in [6.45, 7) is 1.88. The molecule has 0 aromatic carbocycles. The quantitative estimate of drug-likeness (QED) is 0.720. The number of carbonyl (C=O) groups is 2. The van der Waals surface area contributed by atoms with E-state index in [-0.39, 0.29) is 12.5 Å². The molecule has 1 fully saturated rings. The molecule has 17 heavy (non-hydrogen) atoms. The number of nitrogens with one attached hydrogen (secondary N) is 1. The molecule has 0 aliphatic carbocycles. The Balaban J connectivity index is 2.60. The lowest BCUT2D eigenvalue weighted by Crippen LogP contribution is -2.58. The summed E-state index contributed by atoms with van der Waals surface area (Å²) in [6, 6.07) is 0. The Morgan fingerprint density at radius 3 is 2.71 bits per heavy atom. The Morgan fingerprint density at radius 2 is 2.24 bits per heavy atom. The minimum Gasteiger partial charge on any atom is -0.479 e. The Labute approximate surface area is 100 Å². The van der Waals surface area contributed by atoms with E-state index in [9.17, 15) is 9.59 Å². The van der Waals surface area contributed by atoms with Gasteiger partial charge in [0.15, 0.2) is 5.54 Å². The van der Waals surface area contributed by atoms with Crippen LogP contribution in [0.4, 0.5) is 0 Å². The van der Waals surface area contributed by atoms with Gasteiger partial charge in [0.25, 0.3) is 0 Å². The van der Waals surface area contributed by atoms with E-state index in [4.69, 9.17) is 14.6 Å². The summed E-state index contributed by atoms with van der Waals surface area (Å²) in [7, 11) is 1.39. The molecule has 0 radical (unpaired) electrons. The number of amides is 1. The number of carboxylic acids is 1. The van der Waals surface area contributed by atoms with Crippen LogP contribution in [0.2, 0.25) is 0 Å². The Kier molecular flexibility index (Phi) is 4.89. The molecule has 98 valence electrons. The van der Waals surface area contributed by atoms with Crippen molar-refractivity contribution in [1.82, 2.24) is 5.32 Å². The first-order valence-electron chi connectivity index (χ1n) is 5.65. The number of ether oxygens (including phenoxy) is 2. The molecule has 1 heterocycles. The van der Waals surface area contributed by atoms with Gasteiger partial charge in [0.2, 0.25) is 5.91 Å². The number of carboxylic acid groups (broad SMARTS) is 1. The fourth-order valence-corrected chi connectivity index (χ4v) is 1.74. The molecule has 2 unspecified atom stereocenters. The second kappa shape index (κ2) is 5.97. The molecule has 1 aliphatic rings. The van der Waals surface area contributed by atoms with Gasteiger partial charge in [-0.2, -0.15) is 0 Å². The molecule has 0 spiro atoms. The first-order chi connectivity index (χ1) is 7.99. The van der Waals surface area contributed by atoms with Crippen LogP contribution in [0, 0.1) is 0 Å². The molecule has 2 atom stereocenters. The minimum absolute atomic E-state index is 0.0825. The van der Waals surface area contributed by atoms with E-state index in [1.807, 2.05) is 0 Å². The molecule has 1 rings (SSSR count). The molecule has 0 saturated carbocycles. The third-order valence-electron chi connectivity index (χ3n) is 2.78. The summed E-state index contributed by atoms with van der Waals surface area (Å²) >= 11 is 0. The molecule has 0 bridgehead atoms. The van der Waals surface area contributed by atoms with Crippen molar-refractivity contribution in [2.45, 2.75) is 37.8 Å². The fraction of sp³-hybridized carbons (Fsp3) is 0.818. The Bertz CT molecular complexity index is 288. The molecule has 6 nitrogen and oxygen atoms in total. The standard InChI is InChI=1S/C11H19NO5/c1-11(7-16-2,10(14)15)12-9(13)8-5-3-4-6-17-8/h8H,3-7H2,1-2H3,(H,12,13)(H,14,15). The van der Waals surface area contributed by atoms with Crippen molar-refractivity contribution in [3.8, 4) is 0 Å². The maximum Gasteiger partial charge on any atom is 0.331 e. The van der Waals surface area contributed by atoms with Crippen LogP contribution in [0.15, 0.2) is 0 Å². The summed E-state index contributed by atoms with van der Waals surface area (Å²) in [6.07, 6.45) is 1.96. The first kappa shape index (κ1) is 13.9. The number of methoxy groups -OCH3 is 1. The third-order valence-corrected chi connectivity index (χ3v) is 2.78. The summed E-state index contributed by atoms with van der Waals surface area (Å²) < 4.78 is 10.1. The van der Waals surface area contributed by atoms with Gasteiger partial charge in [0.1, 0.15) is 6.10 Å². The number of carbonyl (C=O) groups excluding carboxylic acids is 1. The molecule has 1 aliphatic heterocycles. The second-order valence-electron chi connectivity index (χ2n) is 4.41. The van der Waals surface area contributed by atoms with Crippen LogP contribution in [0.1, 0.15) is 26.2 Å². The van der Waals surface area contributed by atoms with Crippen LogP contribution in [0.25, 0.3) is 0 Å². The average Bonchev–Trinajstić information content (AvgIpc) is 2.30. The lowest BCUT2D eigenvalue weighted by molar-refractivity contribution is -0.152. The van der Waals surface area contributed by atoms with Crippen LogP contribution < -0.4 is 5.32 Å². The highest BCUT2D eigenvalue weighted by Gasteiger charge is 2.37. The van der Waals surface area contributed by atoms with Crippen molar-refractivity contribution < 1.29 is 24.2 Å². The molecule has 0 aromatic rings. The van der Waals surface area contributed by atoms with E-state index in [1.165, 1.54) is 14.0 Å². The van der Waals surface area contributed by atoms with Crippen LogP contribution in [-0.2, 0) is 19.1 Å². The lowest BCUT2D eigenvalue weighted by atomic mass is 10.0. The summed E-state index contributed by atoms with van der Waals surface area (Å²) in [4.78, 5) is 22.9. The number of hydrogen-bond acceptors (Lipinski definition) is 4. The van der Waals surface area contributed by atoms with Crippen molar-refractivity contribution in [2.75, 3.05) is 20.3 Å². The monoisotopic (exact) mass is 245 g/mol. The third kappa shape index (κ3) is 3.67. The average molecular weight is 245 g/mol. The zero-order chi connectivity index (χ0) is 12.9. The largest absolute Gasteiger partial charge is 0.479 e. The van der Waals surface area contributed by atoms with Crippen molar-refractivity contribution in [2.24, 2.45) is 0 Å². The molecular weight excluding hydrogens is 226 g/mol. The van der Waals surface area contributed by atoms with Gasteiger partial charge < -0.3 is 19.9 Å². The SMILES string of the molecule is COCC(C)(NC(=O)C1CCCCO1)C(=O)O. The molecule has 6 heteroatoms. The summed E-state index contributed by atoms with van der Waals surface area (Å²) in [5.41, 5.74) is -1.41. The normalized spacial score (nSPS) is 23.8. The van der Waals surface area contributed by atoms with Gasteiger partial charge in [-0.25, -0.2) is 4.79 Å². The van der Waals surface area contributed by atoms with Crippen LogP contribution in [0.3, 0.4) is 0 Å². The molecular formula is C11H19NO5. The van der Waals surface area contributed by atoms with Gasteiger partial charge >= 0.3 is 5.97 Å². The van der Waals surface area contributed by atoms with E-state index in [1.54, 1.807) is 0 Å². The summed E-state index contributed by atoms with van der Waals surface area (Å²) in [5, 5.41) is 11.6. The van der Waals surface area contributed by atoms with Gasteiger partial charge in [-0.15, -0.1) is 0 Å². The predicted molar refractivity (Wildman–Crippen MR) is 59.7 cm³/mol. The van der Waals surface area contributed by atoms with Crippen LogP contribution >= 0.6 is 0 Å². The molecule has 1 saturated heterocycles. The highest BCUT2D eigenvalue weighted by Crippen LogP contribution is 2.14. The maximum atomic E-state index is 11.8. The van der Waals surface area contributed by atoms with Crippen LogP contribution in [0.5, 0.6) is 0 Å². The van der Waals surface area contributed by atoms with Gasteiger partial charge in [-0.3, -0.25) is 4.79 Å². The lowest BCUT2D eigenvalue weighted by Gasteiger charge is -2.29. The minimum atomic E-state index is -1.41. The highest BCUT2D eigenvalue weighted by molar-refractivity contribution is 5.89. The number of rotatable bonds is 5. The maximum absolute atomic E-state index is 11.8. The van der Waals surface area contributed by atoms with E-state index < -0.39 is 17.6 Å². The first-order valence-corrected chi connectivity index (χ1v) is 5.65. The fourth-order valence-electron chi connectivity index (χ4n) is 1.74. The van der Waals surface area contributed by atoms with Crippen molar-refractivity contribution in [3.63, 3.8) is 0 Å². The van der Waals surface area contributed by atoms with Crippen molar-refractivity contribution in [1.29, 1.82) is 0 Å². The van der Waals surface area contributed by atoms with E-state index in [2.05, 4.69) is 5.32 Å². The van der Waals surface area contributed by atoms with E-state index >= 15 is 0 Å². The number of hydrogen-bond donors (Lipinski definition) is 2. The topological polar surface area (TPSA) is 84.9 Å². The van der Waals surface area contributed by atoms with Gasteiger partial charge in [-0.05, 0) is 26.2 Å². The van der Waals surface area contributed by atoms with Crippen LogP contribution in [-0.4, -0.2) is 48.9 Å². The van der Waals surface area contributed by atoms with Crippen molar-refractivity contribution >= 4 is 11.9 Å². The Morgan fingerprint density at radius 1 is 1.53 bits per heavy atom. The smallest absolute Gasteiger partial charge is 0.331 e. The van der Waals surface area contributed by atoms with Gasteiger partial charge in [0.05, 0.1) is 6.61 Å². The van der Waals surface area contributed by atoms with E-state index in [0.29, 0.717) is 13.0 Å². The number of aliphatic carboxylic acids is 1. The molecule has 2 N–H and O–H groups in total. The predicted octanol–water partition coefficient (Wildman–Crippen LogP) is 0.161. The Hall–Kier alpha value is -1.14. The van der Waals surface area contributed by atoms with Gasteiger partial charge in [0, 0.05) is 13.7 Å². The zero-order valence-electron chi connectivity index (χ0n) is 10.2. The molecule has 0 aromatic heterocycles.